The minimum Gasteiger partial charge on any atom is -0.360 e. The van der Waals surface area contributed by atoms with Gasteiger partial charge in [-0.1, -0.05) is 34.4 Å². The van der Waals surface area contributed by atoms with Crippen LogP contribution in [0.15, 0.2) is 22.7 Å². The van der Waals surface area contributed by atoms with Crippen molar-refractivity contribution in [2.24, 2.45) is 5.92 Å². The highest BCUT2D eigenvalue weighted by Gasteiger charge is 2.34. The summed E-state index contributed by atoms with van der Waals surface area (Å²) < 4.78 is 16.5. The summed E-state index contributed by atoms with van der Waals surface area (Å²) in [7, 11) is 0. The SMILES string of the molecule is Cc1onc(-c2c(Cl)cccc2Cl)c1C(=O)N1CCC(C2OCCO2)CC1. The average molecular weight is 411 g/mol. The lowest BCUT2D eigenvalue weighted by Gasteiger charge is -2.33. The second-order valence-electron chi connectivity index (χ2n) is 6.80. The summed E-state index contributed by atoms with van der Waals surface area (Å²) in [5, 5.41) is 4.93. The van der Waals surface area contributed by atoms with Crippen molar-refractivity contribution >= 4 is 29.1 Å². The molecule has 2 saturated heterocycles. The molecule has 3 heterocycles. The van der Waals surface area contributed by atoms with E-state index in [1.165, 1.54) is 0 Å². The van der Waals surface area contributed by atoms with Crippen LogP contribution in [0.1, 0.15) is 29.0 Å². The normalized spacial score (nSPS) is 19.0. The van der Waals surface area contributed by atoms with Crippen molar-refractivity contribution in [1.82, 2.24) is 10.1 Å². The van der Waals surface area contributed by atoms with Gasteiger partial charge in [0.15, 0.2) is 6.29 Å². The maximum absolute atomic E-state index is 13.2. The van der Waals surface area contributed by atoms with E-state index in [4.69, 9.17) is 37.2 Å². The van der Waals surface area contributed by atoms with E-state index in [1.54, 1.807) is 25.1 Å². The number of likely N-dealkylation sites (tertiary alicyclic amines) is 1. The number of aryl methyl sites for hydroxylation is 1. The molecule has 2 aliphatic heterocycles. The predicted molar refractivity (Wildman–Crippen MR) is 101 cm³/mol. The van der Waals surface area contributed by atoms with Gasteiger partial charge in [0.1, 0.15) is 17.0 Å². The molecule has 2 aromatic rings. The van der Waals surface area contributed by atoms with Crippen molar-refractivity contribution in [3.63, 3.8) is 0 Å². The Morgan fingerprint density at radius 3 is 2.41 bits per heavy atom. The van der Waals surface area contributed by atoms with Gasteiger partial charge in [-0.05, 0) is 31.9 Å². The van der Waals surface area contributed by atoms with Crippen LogP contribution in [0.3, 0.4) is 0 Å². The first-order valence-corrected chi connectivity index (χ1v) is 9.75. The third kappa shape index (κ3) is 3.59. The molecule has 0 unspecified atom stereocenters. The van der Waals surface area contributed by atoms with E-state index >= 15 is 0 Å². The molecule has 0 atom stereocenters. The lowest BCUT2D eigenvalue weighted by molar-refractivity contribution is -0.0956. The number of carbonyl (C=O) groups excluding carboxylic acids is 1. The van der Waals surface area contributed by atoms with Crippen molar-refractivity contribution in [3.8, 4) is 11.3 Å². The molecule has 2 fully saturated rings. The maximum atomic E-state index is 13.2. The van der Waals surface area contributed by atoms with Crippen LogP contribution in [0.5, 0.6) is 0 Å². The standard InChI is InChI=1S/C19H20Cl2N2O4/c1-11-15(17(22-27-11)16-13(20)3-2-4-14(16)21)18(24)23-7-5-12(6-8-23)19-25-9-10-26-19/h2-4,12,19H,5-10H2,1H3. The molecule has 1 aromatic heterocycles. The van der Waals surface area contributed by atoms with Crippen LogP contribution in [-0.4, -0.2) is 48.6 Å². The Balaban J connectivity index is 1.56. The van der Waals surface area contributed by atoms with Crippen LogP contribution in [-0.2, 0) is 9.47 Å². The molecule has 0 saturated carbocycles. The number of amides is 1. The number of nitrogens with zero attached hydrogens (tertiary/aromatic N) is 2. The van der Waals surface area contributed by atoms with Gasteiger partial charge in [0.05, 0.1) is 23.3 Å². The number of ether oxygens (including phenoxy) is 2. The fourth-order valence-corrected chi connectivity index (χ4v) is 4.28. The lowest BCUT2D eigenvalue weighted by atomic mass is 9.95. The monoisotopic (exact) mass is 410 g/mol. The van der Waals surface area contributed by atoms with E-state index in [0.29, 0.717) is 64.8 Å². The third-order valence-electron chi connectivity index (χ3n) is 5.14. The quantitative estimate of drug-likeness (QED) is 0.758. The van der Waals surface area contributed by atoms with Crippen molar-refractivity contribution in [1.29, 1.82) is 0 Å². The molecule has 27 heavy (non-hydrogen) atoms. The molecular weight excluding hydrogens is 391 g/mol. The number of benzene rings is 1. The largest absolute Gasteiger partial charge is 0.360 e. The van der Waals surface area contributed by atoms with E-state index in [0.717, 1.165) is 12.8 Å². The van der Waals surface area contributed by atoms with E-state index in [9.17, 15) is 4.79 Å². The molecule has 1 aromatic carbocycles. The molecule has 4 rings (SSSR count). The van der Waals surface area contributed by atoms with Crippen molar-refractivity contribution in [3.05, 3.63) is 39.6 Å². The average Bonchev–Trinajstić information content (AvgIpc) is 3.32. The van der Waals surface area contributed by atoms with Gasteiger partial charge in [-0.15, -0.1) is 0 Å². The molecule has 6 nitrogen and oxygen atoms in total. The minimum atomic E-state index is -0.142. The zero-order chi connectivity index (χ0) is 19.0. The number of carbonyl (C=O) groups is 1. The molecule has 2 aliphatic rings. The number of aromatic nitrogens is 1. The smallest absolute Gasteiger partial charge is 0.259 e. The van der Waals surface area contributed by atoms with E-state index in [-0.39, 0.29) is 12.2 Å². The Hall–Kier alpha value is -1.60. The first-order valence-electron chi connectivity index (χ1n) is 8.99. The molecule has 1 amide bonds. The molecule has 0 aliphatic carbocycles. The van der Waals surface area contributed by atoms with Gasteiger partial charge in [0.25, 0.3) is 5.91 Å². The molecule has 8 heteroatoms. The molecule has 144 valence electrons. The first kappa shape index (κ1) is 18.7. The minimum absolute atomic E-state index is 0.119. The lowest BCUT2D eigenvalue weighted by Crippen LogP contribution is -2.41. The topological polar surface area (TPSA) is 64.8 Å². The summed E-state index contributed by atoms with van der Waals surface area (Å²) in [4.78, 5) is 15.0. The van der Waals surface area contributed by atoms with Crippen molar-refractivity contribution in [2.75, 3.05) is 26.3 Å². The van der Waals surface area contributed by atoms with Crippen molar-refractivity contribution in [2.45, 2.75) is 26.1 Å². The van der Waals surface area contributed by atoms with Crippen LogP contribution < -0.4 is 0 Å². The Kier molecular flexibility index (Phi) is 5.41. The van der Waals surface area contributed by atoms with Crippen LogP contribution in [0, 0.1) is 12.8 Å². The summed E-state index contributed by atoms with van der Waals surface area (Å²) in [5.74, 6) is 0.652. The van der Waals surface area contributed by atoms with Gasteiger partial charge in [-0.25, -0.2) is 0 Å². The summed E-state index contributed by atoms with van der Waals surface area (Å²) in [6, 6.07) is 5.18. The third-order valence-corrected chi connectivity index (χ3v) is 5.77. The fraction of sp³-hybridized carbons (Fsp3) is 0.474. The zero-order valence-corrected chi connectivity index (χ0v) is 16.4. The van der Waals surface area contributed by atoms with Crippen LogP contribution >= 0.6 is 23.2 Å². The Morgan fingerprint density at radius 2 is 1.78 bits per heavy atom. The molecule has 0 spiro atoms. The van der Waals surface area contributed by atoms with Crippen molar-refractivity contribution < 1.29 is 18.8 Å². The van der Waals surface area contributed by atoms with E-state index in [2.05, 4.69) is 5.16 Å². The second kappa shape index (κ2) is 7.80. The second-order valence-corrected chi connectivity index (χ2v) is 7.61. The summed E-state index contributed by atoms with van der Waals surface area (Å²) >= 11 is 12.6. The Labute approximate surface area is 167 Å². The molecular formula is C19H20Cl2N2O4. The number of hydrogen-bond acceptors (Lipinski definition) is 5. The predicted octanol–water partition coefficient (Wildman–Crippen LogP) is 4.18. The Bertz CT molecular complexity index is 820. The van der Waals surface area contributed by atoms with Gasteiger partial charge >= 0.3 is 0 Å². The highest BCUT2D eigenvalue weighted by molar-refractivity contribution is 6.39. The number of halogens is 2. The van der Waals surface area contributed by atoms with Gasteiger partial charge in [0, 0.05) is 24.6 Å². The van der Waals surface area contributed by atoms with Crippen LogP contribution in [0.2, 0.25) is 10.0 Å². The van der Waals surface area contributed by atoms with Gasteiger partial charge in [0.2, 0.25) is 0 Å². The Morgan fingerprint density at radius 1 is 1.15 bits per heavy atom. The molecule has 0 bridgehead atoms. The molecule has 0 radical (unpaired) electrons. The first-order chi connectivity index (χ1) is 13.1. The fourth-order valence-electron chi connectivity index (χ4n) is 3.70. The zero-order valence-electron chi connectivity index (χ0n) is 14.9. The highest BCUT2D eigenvalue weighted by Crippen LogP contribution is 2.37. The number of rotatable bonds is 3. The molecule has 0 N–H and O–H groups in total. The number of piperidine rings is 1. The maximum Gasteiger partial charge on any atom is 0.259 e. The van der Waals surface area contributed by atoms with E-state index in [1.807, 2.05) is 4.90 Å². The van der Waals surface area contributed by atoms with Gasteiger partial charge < -0.3 is 18.9 Å². The summed E-state index contributed by atoms with van der Waals surface area (Å²) in [5.41, 5.74) is 1.32. The van der Waals surface area contributed by atoms with Gasteiger partial charge in [-0.3, -0.25) is 4.79 Å². The van der Waals surface area contributed by atoms with Crippen LogP contribution in [0.25, 0.3) is 11.3 Å². The van der Waals surface area contributed by atoms with E-state index < -0.39 is 0 Å². The van der Waals surface area contributed by atoms with Gasteiger partial charge in [-0.2, -0.15) is 0 Å². The highest BCUT2D eigenvalue weighted by atomic mass is 35.5. The number of hydrogen-bond donors (Lipinski definition) is 0. The summed E-state index contributed by atoms with van der Waals surface area (Å²) in [6.45, 7) is 4.28. The van der Waals surface area contributed by atoms with Crippen LogP contribution in [0.4, 0.5) is 0 Å². The summed E-state index contributed by atoms with van der Waals surface area (Å²) in [6.07, 6.45) is 1.53.